The summed E-state index contributed by atoms with van der Waals surface area (Å²) >= 11 is 19.5. The van der Waals surface area contributed by atoms with E-state index in [1.54, 1.807) is 35.7 Å². The fourth-order valence-electron chi connectivity index (χ4n) is 4.51. The molecule has 2 aromatic carbocycles. The monoisotopic (exact) mass is 680 g/mol. The number of nitrogens with one attached hydrogen (secondary N) is 1. The van der Waals surface area contributed by atoms with Crippen molar-refractivity contribution >= 4 is 73.8 Å². The summed E-state index contributed by atoms with van der Waals surface area (Å²) < 4.78 is 37.6. The molecule has 15 heteroatoms. The minimum absolute atomic E-state index is 0.0389. The van der Waals surface area contributed by atoms with Gasteiger partial charge in [-0.3, -0.25) is 14.5 Å². The second kappa shape index (κ2) is 12.5. The Morgan fingerprint density at radius 3 is 2.47 bits per heavy atom. The molecule has 2 N–H and O–H groups in total. The van der Waals surface area contributed by atoms with E-state index in [1.165, 1.54) is 29.5 Å². The fraction of sp³-hybridized carbons (Fsp3) is 0.179. The summed E-state index contributed by atoms with van der Waals surface area (Å²) in [6, 6.07) is 11.2. The van der Waals surface area contributed by atoms with E-state index >= 15 is 0 Å². The van der Waals surface area contributed by atoms with E-state index in [4.69, 9.17) is 44.3 Å². The van der Waals surface area contributed by atoms with Crippen LogP contribution < -0.4 is 14.8 Å². The lowest BCUT2D eigenvalue weighted by molar-refractivity contribution is -0.151. The first-order valence-corrected chi connectivity index (χ1v) is 16.1. The van der Waals surface area contributed by atoms with Crippen molar-refractivity contribution in [1.82, 2.24) is 10.2 Å². The van der Waals surface area contributed by atoms with E-state index in [9.17, 15) is 27.9 Å². The number of carbonyl (C=O) groups is 3. The van der Waals surface area contributed by atoms with Crippen LogP contribution in [0.25, 0.3) is 0 Å². The largest absolute Gasteiger partial charge is 0.477 e. The van der Waals surface area contributed by atoms with Gasteiger partial charge in [0.15, 0.2) is 26.7 Å². The molecule has 10 nitrogen and oxygen atoms in total. The maximum absolute atomic E-state index is 13.1. The number of sulfone groups is 1. The van der Waals surface area contributed by atoms with Gasteiger partial charge in [0.2, 0.25) is 5.91 Å². The van der Waals surface area contributed by atoms with E-state index in [-0.39, 0.29) is 40.7 Å². The minimum Gasteiger partial charge on any atom is -0.477 e. The van der Waals surface area contributed by atoms with E-state index in [2.05, 4.69) is 17.3 Å². The molecular formula is C28H19Cl3N2O8S2. The van der Waals surface area contributed by atoms with E-state index in [0.29, 0.717) is 14.9 Å². The molecule has 43 heavy (non-hydrogen) atoms. The highest BCUT2D eigenvalue weighted by Gasteiger charge is 2.60. The van der Waals surface area contributed by atoms with Crippen molar-refractivity contribution in [1.29, 1.82) is 0 Å². The first kappa shape index (κ1) is 30.7. The number of hydrogen-bond acceptors (Lipinski definition) is 8. The number of benzene rings is 2. The fourth-order valence-corrected chi connectivity index (χ4v) is 7.85. The highest BCUT2D eigenvalue weighted by atomic mass is 35.5. The molecule has 0 aliphatic carbocycles. The van der Waals surface area contributed by atoms with Gasteiger partial charge in [0.1, 0.15) is 23.6 Å². The van der Waals surface area contributed by atoms with Gasteiger partial charge in [0.05, 0.1) is 17.2 Å². The molecule has 1 unspecified atom stereocenters. The topological polar surface area (TPSA) is 139 Å². The van der Waals surface area contributed by atoms with Crippen molar-refractivity contribution < 1.29 is 37.4 Å². The SMILES string of the molecule is O=C(Cc1cccs1)NC1C(=O)N2C(C(=O)O)=C(CC#COc3cc(Cl)ccc3Oc3ccc(Cl)cc3Cl)CS(=O)(=O)[C@H]12. The van der Waals surface area contributed by atoms with Crippen molar-refractivity contribution in [3.8, 4) is 29.3 Å². The molecule has 0 radical (unpaired) electrons. The Hall–Kier alpha value is -3.73. The number of carbonyl (C=O) groups excluding carboxylic acids is 2. The van der Waals surface area contributed by atoms with Crippen molar-refractivity contribution in [2.75, 3.05) is 5.75 Å². The Balaban J connectivity index is 1.32. The molecule has 1 fully saturated rings. The molecular weight excluding hydrogens is 663 g/mol. The van der Waals surface area contributed by atoms with Gasteiger partial charge in [-0.15, -0.1) is 11.3 Å². The second-order valence-electron chi connectivity index (χ2n) is 9.29. The van der Waals surface area contributed by atoms with E-state index in [1.807, 2.05) is 0 Å². The average Bonchev–Trinajstić information content (AvgIpc) is 3.44. The summed E-state index contributed by atoms with van der Waals surface area (Å²) in [6.45, 7) is 0. The van der Waals surface area contributed by atoms with Crippen molar-refractivity contribution in [3.05, 3.63) is 85.1 Å². The Bertz CT molecular complexity index is 1830. The van der Waals surface area contributed by atoms with E-state index < -0.39 is 50.5 Å². The number of hydrogen-bond donors (Lipinski definition) is 2. The summed E-state index contributed by atoms with van der Waals surface area (Å²) in [5.41, 5.74) is -0.598. The molecule has 1 aromatic heterocycles. The molecule has 0 spiro atoms. The number of rotatable bonds is 8. The van der Waals surface area contributed by atoms with Crippen LogP contribution in [0.15, 0.2) is 65.2 Å². The maximum atomic E-state index is 13.1. The minimum atomic E-state index is -4.07. The van der Waals surface area contributed by atoms with Crippen molar-refractivity contribution in [2.45, 2.75) is 24.3 Å². The van der Waals surface area contributed by atoms with Crippen molar-refractivity contribution in [3.63, 3.8) is 0 Å². The average molecular weight is 682 g/mol. The molecule has 1 saturated heterocycles. The van der Waals surface area contributed by atoms with Gasteiger partial charge in [0, 0.05) is 27.4 Å². The molecule has 2 aliphatic rings. The predicted molar refractivity (Wildman–Crippen MR) is 160 cm³/mol. The van der Waals surface area contributed by atoms with Gasteiger partial charge < -0.3 is 19.9 Å². The van der Waals surface area contributed by atoms with Crippen LogP contribution in [-0.4, -0.2) is 53.4 Å². The molecule has 2 aliphatic heterocycles. The Kier molecular flexibility index (Phi) is 8.91. The van der Waals surface area contributed by atoms with Gasteiger partial charge in [-0.05, 0) is 47.4 Å². The number of β-lactam (4-membered cyclic amide) rings is 1. The molecule has 2 amide bonds. The standard InChI is InChI=1S/C28H19Cl3N2O8S2/c29-16-5-7-20(19(31)11-16)41-21-8-6-17(30)12-22(21)40-9-1-3-15-14-43(38,39)27-24(26(35)33(27)25(15)28(36)37)32-23(34)13-18-4-2-10-42-18/h2,4-8,10-12,24,27H,3,13-14H2,(H,32,34)(H,36,37)/t24?,27-/m1/s1. The molecule has 3 aromatic rings. The van der Waals surface area contributed by atoms with Gasteiger partial charge >= 0.3 is 5.97 Å². The Morgan fingerprint density at radius 1 is 1.07 bits per heavy atom. The number of fused-ring (bicyclic) bond motifs is 1. The van der Waals surface area contributed by atoms with Gasteiger partial charge in [-0.1, -0.05) is 46.8 Å². The number of ether oxygens (including phenoxy) is 2. The molecule has 5 rings (SSSR count). The highest BCUT2D eigenvalue weighted by Crippen LogP contribution is 2.39. The number of carboxylic acids is 1. The molecule has 3 heterocycles. The van der Waals surface area contributed by atoms with Crippen LogP contribution in [-0.2, 0) is 30.6 Å². The maximum Gasteiger partial charge on any atom is 0.352 e. The zero-order valence-corrected chi connectivity index (χ0v) is 25.6. The third-order valence-electron chi connectivity index (χ3n) is 6.35. The third kappa shape index (κ3) is 6.61. The number of carboxylic acid groups (broad SMARTS) is 1. The van der Waals surface area contributed by atoms with Gasteiger partial charge in [-0.25, -0.2) is 13.2 Å². The summed E-state index contributed by atoms with van der Waals surface area (Å²) in [6.07, 6.45) is 2.02. The van der Waals surface area contributed by atoms with Crippen LogP contribution in [0, 0.1) is 12.0 Å². The number of amides is 2. The smallest absolute Gasteiger partial charge is 0.352 e. The van der Waals surface area contributed by atoms with Gasteiger partial charge in [-0.2, -0.15) is 0 Å². The Morgan fingerprint density at radius 2 is 1.79 bits per heavy atom. The number of halogens is 3. The molecule has 0 saturated carbocycles. The van der Waals surface area contributed by atoms with Crippen LogP contribution in [0.3, 0.4) is 0 Å². The normalized spacial score (nSPS) is 18.6. The first-order valence-electron chi connectivity index (χ1n) is 12.3. The summed E-state index contributed by atoms with van der Waals surface area (Å²) in [5, 5.41) is 13.5. The molecule has 0 bridgehead atoms. The second-order valence-corrected chi connectivity index (χ2v) is 13.7. The summed E-state index contributed by atoms with van der Waals surface area (Å²) in [7, 11) is -4.07. The number of thiophene rings is 1. The number of nitrogens with zero attached hydrogens (tertiary/aromatic N) is 1. The number of aliphatic carboxylic acids is 1. The highest BCUT2D eigenvalue weighted by molar-refractivity contribution is 7.92. The van der Waals surface area contributed by atoms with E-state index in [0.717, 1.165) is 4.88 Å². The zero-order chi connectivity index (χ0) is 30.9. The summed E-state index contributed by atoms with van der Waals surface area (Å²) in [5.74, 6) is -0.376. The first-order chi connectivity index (χ1) is 20.4. The van der Waals surface area contributed by atoms with Crippen LogP contribution in [0.4, 0.5) is 0 Å². The lowest BCUT2D eigenvalue weighted by atomic mass is 10.0. The van der Waals surface area contributed by atoms with Crippen LogP contribution >= 0.6 is 46.1 Å². The lowest BCUT2D eigenvalue weighted by Gasteiger charge is -2.48. The third-order valence-corrected chi connectivity index (χ3v) is 9.96. The van der Waals surface area contributed by atoms with Crippen LogP contribution in [0.5, 0.6) is 17.2 Å². The van der Waals surface area contributed by atoms with Gasteiger partial charge in [0.25, 0.3) is 5.91 Å². The summed E-state index contributed by atoms with van der Waals surface area (Å²) in [4.78, 5) is 38.9. The van der Waals surface area contributed by atoms with Crippen molar-refractivity contribution in [2.24, 2.45) is 0 Å². The molecule has 2 atom stereocenters. The zero-order valence-electron chi connectivity index (χ0n) is 21.7. The lowest BCUT2D eigenvalue weighted by Crippen LogP contribution is -2.74. The predicted octanol–water partition coefficient (Wildman–Crippen LogP) is 4.89. The van der Waals surface area contributed by atoms with Crippen LogP contribution in [0.1, 0.15) is 11.3 Å². The Labute approximate surface area is 264 Å². The molecule has 222 valence electrons. The quantitative estimate of drug-likeness (QED) is 0.253. The van der Waals surface area contributed by atoms with Crippen LogP contribution in [0.2, 0.25) is 15.1 Å².